The SMILES string of the molecule is COc1ccccc1NC(=O)C1CC1C(=O)Nc1c(Cl)cccc1Cl. The second-order valence-electron chi connectivity index (χ2n) is 5.72. The highest BCUT2D eigenvalue weighted by molar-refractivity contribution is 6.39. The number of nitrogens with one attached hydrogen (secondary N) is 2. The molecule has 130 valence electrons. The van der Waals surface area contributed by atoms with Crippen LogP contribution >= 0.6 is 23.2 Å². The van der Waals surface area contributed by atoms with Gasteiger partial charge in [-0.1, -0.05) is 41.4 Å². The molecule has 0 saturated heterocycles. The summed E-state index contributed by atoms with van der Waals surface area (Å²) in [6, 6.07) is 12.1. The summed E-state index contributed by atoms with van der Waals surface area (Å²) >= 11 is 12.1. The van der Waals surface area contributed by atoms with Gasteiger partial charge in [0.05, 0.1) is 40.4 Å². The van der Waals surface area contributed by atoms with Crippen molar-refractivity contribution in [3.05, 3.63) is 52.5 Å². The Morgan fingerprint density at radius 1 is 0.960 bits per heavy atom. The lowest BCUT2D eigenvalue weighted by Gasteiger charge is -2.10. The standard InChI is InChI=1S/C18H16Cl2N2O3/c1-25-15-8-3-2-7-14(15)21-17(23)10-9-11(10)18(24)22-16-12(19)5-4-6-13(16)20/h2-8,10-11H,9H2,1H3,(H,21,23)(H,22,24). The average Bonchev–Trinajstić information content (AvgIpc) is 3.39. The van der Waals surface area contributed by atoms with Crippen LogP contribution in [0.3, 0.4) is 0 Å². The number of para-hydroxylation sites is 3. The van der Waals surface area contributed by atoms with Crippen LogP contribution in [0.15, 0.2) is 42.5 Å². The van der Waals surface area contributed by atoms with Crippen LogP contribution in [0.25, 0.3) is 0 Å². The van der Waals surface area contributed by atoms with Gasteiger partial charge >= 0.3 is 0 Å². The topological polar surface area (TPSA) is 67.4 Å². The first-order valence-corrected chi connectivity index (χ1v) is 8.45. The summed E-state index contributed by atoms with van der Waals surface area (Å²) in [7, 11) is 1.53. The maximum Gasteiger partial charge on any atom is 0.228 e. The van der Waals surface area contributed by atoms with Crippen molar-refractivity contribution in [1.82, 2.24) is 0 Å². The van der Waals surface area contributed by atoms with Crippen molar-refractivity contribution in [2.45, 2.75) is 6.42 Å². The summed E-state index contributed by atoms with van der Waals surface area (Å²) < 4.78 is 5.20. The third-order valence-corrected chi connectivity index (χ3v) is 4.67. The zero-order chi connectivity index (χ0) is 18.0. The summed E-state index contributed by atoms with van der Waals surface area (Å²) in [5.41, 5.74) is 0.946. The van der Waals surface area contributed by atoms with Crippen LogP contribution in [0.4, 0.5) is 11.4 Å². The minimum Gasteiger partial charge on any atom is -0.495 e. The van der Waals surface area contributed by atoms with Crippen LogP contribution in [0.1, 0.15) is 6.42 Å². The summed E-state index contributed by atoms with van der Waals surface area (Å²) in [5, 5.41) is 6.22. The highest BCUT2D eigenvalue weighted by Gasteiger charge is 2.48. The minimum absolute atomic E-state index is 0.213. The van der Waals surface area contributed by atoms with Crippen LogP contribution < -0.4 is 15.4 Å². The molecular weight excluding hydrogens is 363 g/mol. The lowest BCUT2D eigenvalue weighted by molar-refractivity contribution is -0.122. The number of amides is 2. The molecule has 1 fully saturated rings. The van der Waals surface area contributed by atoms with Gasteiger partial charge in [0, 0.05) is 0 Å². The van der Waals surface area contributed by atoms with E-state index in [0.29, 0.717) is 33.6 Å². The van der Waals surface area contributed by atoms with E-state index in [0.717, 1.165) is 0 Å². The maximum atomic E-state index is 12.3. The number of rotatable bonds is 5. The Hall–Kier alpha value is -2.24. The smallest absolute Gasteiger partial charge is 0.228 e. The van der Waals surface area contributed by atoms with Gasteiger partial charge in [0.15, 0.2) is 0 Å². The van der Waals surface area contributed by atoms with E-state index in [1.165, 1.54) is 7.11 Å². The molecule has 5 nitrogen and oxygen atoms in total. The van der Waals surface area contributed by atoms with Crippen molar-refractivity contribution in [2.75, 3.05) is 17.7 Å². The van der Waals surface area contributed by atoms with Crippen molar-refractivity contribution in [1.29, 1.82) is 0 Å². The number of carbonyl (C=O) groups excluding carboxylic acids is 2. The highest BCUT2D eigenvalue weighted by Crippen LogP contribution is 2.42. The first-order valence-electron chi connectivity index (χ1n) is 7.70. The first-order chi connectivity index (χ1) is 12.0. The molecule has 2 amide bonds. The van der Waals surface area contributed by atoms with Crippen LogP contribution in [-0.2, 0) is 9.59 Å². The molecule has 2 aromatic carbocycles. The molecule has 0 heterocycles. The van der Waals surface area contributed by atoms with E-state index in [1.54, 1.807) is 36.4 Å². The van der Waals surface area contributed by atoms with Crippen molar-refractivity contribution in [3.8, 4) is 5.75 Å². The van der Waals surface area contributed by atoms with E-state index in [9.17, 15) is 9.59 Å². The van der Waals surface area contributed by atoms with E-state index in [2.05, 4.69) is 10.6 Å². The van der Waals surface area contributed by atoms with Gasteiger partial charge in [0.1, 0.15) is 5.75 Å². The third-order valence-electron chi connectivity index (χ3n) is 4.04. The Bertz CT molecular complexity index is 805. The minimum atomic E-state index is -0.401. The predicted molar refractivity (Wildman–Crippen MR) is 98.3 cm³/mol. The summed E-state index contributed by atoms with van der Waals surface area (Å²) in [5.74, 6) is -0.696. The first kappa shape index (κ1) is 17.6. The molecule has 7 heteroatoms. The largest absolute Gasteiger partial charge is 0.495 e. The predicted octanol–water partition coefficient (Wildman–Crippen LogP) is 4.22. The number of carbonyl (C=O) groups is 2. The van der Waals surface area contributed by atoms with Crippen LogP contribution in [0.5, 0.6) is 5.75 Å². The number of ether oxygens (including phenoxy) is 1. The molecule has 3 rings (SSSR count). The molecule has 0 aromatic heterocycles. The van der Waals surface area contributed by atoms with Gasteiger partial charge in [-0.25, -0.2) is 0 Å². The summed E-state index contributed by atoms with van der Waals surface area (Å²) in [4.78, 5) is 24.7. The Labute approximate surface area is 155 Å². The van der Waals surface area contributed by atoms with Crippen LogP contribution in [0, 0.1) is 11.8 Å². The normalized spacial score (nSPS) is 18.4. The Balaban J connectivity index is 1.62. The fraction of sp³-hybridized carbons (Fsp3) is 0.222. The molecule has 2 unspecified atom stereocenters. The van der Waals surface area contributed by atoms with Crippen molar-refractivity contribution >= 4 is 46.4 Å². The second-order valence-corrected chi connectivity index (χ2v) is 6.54. The molecule has 1 aliphatic carbocycles. The number of halogens is 2. The molecule has 0 spiro atoms. The van der Waals surface area contributed by atoms with Crippen molar-refractivity contribution < 1.29 is 14.3 Å². The second kappa shape index (κ2) is 7.33. The molecule has 1 saturated carbocycles. The lowest BCUT2D eigenvalue weighted by Crippen LogP contribution is -2.21. The molecule has 1 aliphatic rings. The van der Waals surface area contributed by atoms with E-state index in [4.69, 9.17) is 27.9 Å². The van der Waals surface area contributed by atoms with E-state index >= 15 is 0 Å². The molecule has 2 N–H and O–H groups in total. The number of benzene rings is 2. The third kappa shape index (κ3) is 3.89. The van der Waals surface area contributed by atoms with Gasteiger partial charge in [0.25, 0.3) is 0 Å². The quantitative estimate of drug-likeness (QED) is 0.818. The average molecular weight is 379 g/mol. The molecule has 25 heavy (non-hydrogen) atoms. The van der Waals surface area contributed by atoms with Gasteiger partial charge in [-0.05, 0) is 30.7 Å². The van der Waals surface area contributed by atoms with E-state index in [1.807, 2.05) is 6.07 Å². The van der Waals surface area contributed by atoms with Gasteiger partial charge in [-0.3, -0.25) is 9.59 Å². The Morgan fingerprint density at radius 3 is 2.20 bits per heavy atom. The van der Waals surface area contributed by atoms with E-state index in [-0.39, 0.29) is 17.7 Å². The fourth-order valence-corrected chi connectivity index (χ4v) is 3.07. The van der Waals surface area contributed by atoms with Crippen molar-refractivity contribution in [2.24, 2.45) is 11.8 Å². The monoisotopic (exact) mass is 378 g/mol. The van der Waals surface area contributed by atoms with E-state index < -0.39 is 5.92 Å². The molecule has 0 radical (unpaired) electrons. The molecule has 2 atom stereocenters. The maximum absolute atomic E-state index is 12.3. The van der Waals surface area contributed by atoms with Crippen LogP contribution in [-0.4, -0.2) is 18.9 Å². The zero-order valence-corrected chi connectivity index (χ0v) is 14.9. The summed E-state index contributed by atoms with van der Waals surface area (Å²) in [6.45, 7) is 0. The lowest BCUT2D eigenvalue weighted by atomic mass is 10.2. The molecule has 2 aromatic rings. The number of hydrogen-bond acceptors (Lipinski definition) is 3. The summed E-state index contributed by atoms with van der Waals surface area (Å²) in [6.07, 6.45) is 0.481. The van der Waals surface area contributed by atoms with Gasteiger partial charge in [-0.15, -0.1) is 0 Å². The Kier molecular flexibility index (Phi) is 5.16. The zero-order valence-electron chi connectivity index (χ0n) is 13.4. The fourth-order valence-electron chi connectivity index (χ4n) is 2.58. The van der Waals surface area contributed by atoms with Crippen LogP contribution in [0.2, 0.25) is 10.0 Å². The Morgan fingerprint density at radius 2 is 1.56 bits per heavy atom. The van der Waals surface area contributed by atoms with Crippen molar-refractivity contribution in [3.63, 3.8) is 0 Å². The molecule has 0 bridgehead atoms. The van der Waals surface area contributed by atoms with Gasteiger partial charge < -0.3 is 15.4 Å². The highest BCUT2D eigenvalue weighted by atomic mass is 35.5. The number of anilines is 2. The van der Waals surface area contributed by atoms with Gasteiger partial charge in [0.2, 0.25) is 11.8 Å². The molecular formula is C18H16Cl2N2O3. The van der Waals surface area contributed by atoms with Gasteiger partial charge in [-0.2, -0.15) is 0 Å². The number of methoxy groups -OCH3 is 1. The number of hydrogen-bond donors (Lipinski definition) is 2. The molecule has 0 aliphatic heterocycles.